The summed E-state index contributed by atoms with van der Waals surface area (Å²) in [5.74, 6) is -1.19. The van der Waals surface area contributed by atoms with E-state index < -0.39 is 48.0 Å². The number of amides is 4. The molecule has 0 saturated heterocycles. The summed E-state index contributed by atoms with van der Waals surface area (Å²) in [5, 5.41) is 21.3. The standard InChI is InChI=1S/C26H30N8O5/c1-26(2,3)39-25(38)29-22(16-9-5-4-6-10-16)24(37)28-15-21(35)34-18-12-8-7-11-17(18)13-19(34)23(36)27-14-20-30-32-33-31-20/h4-12,19,22H,13-15H2,1-3H3,(H,27,36)(H,28,37)(H,29,38)(H,30,31,32,33)/t19-,22-/m0/s1. The molecule has 13 nitrogen and oxygen atoms in total. The number of aromatic nitrogens is 4. The van der Waals surface area contributed by atoms with Crippen LogP contribution >= 0.6 is 0 Å². The largest absolute Gasteiger partial charge is 0.444 e. The summed E-state index contributed by atoms with van der Waals surface area (Å²) < 4.78 is 5.31. The molecular weight excluding hydrogens is 504 g/mol. The highest BCUT2D eigenvalue weighted by Gasteiger charge is 2.38. The summed E-state index contributed by atoms with van der Waals surface area (Å²) in [6, 6.07) is 13.9. The molecule has 1 aliphatic rings. The molecule has 0 spiro atoms. The third kappa shape index (κ3) is 6.94. The van der Waals surface area contributed by atoms with Crippen LogP contribution in [0.3, 0.4) is 0 Å². The van der Waals surface area contributed by atoms with Crippen molar-refractivity contribution in [2.24, 2.45) is 0 Å². The molecule has 1 aromatic heterocycles. The van der Waals surface area contributed by atoms with E-state index in [4.69, 9.17) is 4.74 Å². The average Bonchev–Trinajstić information content (AvgIpc) is 3.56. The molecule has 39 heavy (non-hydrogen) atoms. The van der Waals surface area contributed by atoms with Gasteiger partial charge in [-0.25, -0.2) is 4.79 Å². The van der Waals surface area contributed by atoms with Gasteiger partial charge in [-0.05, 0) is 38.0 Å². The van der Waals surface area contributed by atoms with Crippen LogP contribution in [0, 0.1) is 0 Å². The number of nitrogens with one attached hydrogen (secondary N) is 4. The van der Waals surface area contributed by atoms with Gasteiger partial charge in [0.15, 0.2) is 5.82 Å². The van der Waals surface area contributed by atoms with E-state index in [2.05, 4.69) is 36.6 Å². The zero-order valence-corrected chi connectivity index (χ0v) is 21.8. The zero-order valence-electron chi connectivity index (χ0n) is 21.8. The number of hydrogen-bond donors (Lipinski definition) is 4. The van der Waals surface area contributed by atoms with E-state index in [1.807, 2.05) is 12.1 Å². The number of tetrazole rings is 1. The van der Waals surface area contributed by atoms with E-state index in [1.165, 1.54) is 4.90 Å². The SMILES string of the molecule is CC(C)(C)OC(=O)N[C@H](C(=O)NCC(=O)N1c2ccccc2C[C@H]1C(=O)NCc1nn[nH]n1)c1ccccc1. The number of H-pyrrole nitrogens is 1. The Morgan fingerprint density at radius 1 is 1.05 bits per heavy atom. The third-order valence-corrected chi connectivity index (χ3v) is 5.83. The Labute approximate surface area is 224 Å². The van der Waals surface area contributed by atoms with Crippen molar-refractivity contribution in [3.05, 3.63) is 71.5 Å². The maximum Gasteiger partial charge on any atom is 0.408 e. The first kappa shape index (κ1) is 27.2. The molecule has 3 aromatic rings. The Morgan fingerprint density at radius 3 is 2.46 bits per heavy atom. The van der Waals surface area contributed by atoms with E-state index in [9.17, 15) is 19.2 Å². The predicted molar refractivity (Wildman–Crippen MR) is 139 cm³/mol. The second-order valence-electron chi connectivity index (χ2n) is 9.87. The molecule has 0 saturated carbocycles. The van der Waals surface area contributed by atoms with Gasteiger partial charge in [-0.2, -0.15) is 5.21 Å². The van der Waals surface area contributed by atoms with E-state index in [-0.39, 0.29) is 6.54 Å². The van der Waals surface area contributed by atoms with Gasteiger partial charge >= 0.3 is 6.09 Å². The maximum atomic E-state index is 13.4. The average molecular weight is 535 g/mol. The first-order chi connectivity index (χ1) is 18.6. The van der Waals surface area contributed by atoms with Crippen LogP contribution in [0.4, 0.5) is 10.5 Å². The van der Waals surface area contributed by atoms with Gasteiger partial charge in [0.05, 0.1) is 13.1 Å². The smallest absolute Gasteiger partial charge is 0.408 e. The molecule has 204 valence electrons. The van der Waals surface area contributed by atoms with Crippen molar-refractivity contribution in [1.82, 2.24) is 36.6 Å². The van der Waals surface area contributed by atoms with Gasteiger partial charge in [-0.3, -0.25) is 19.3 Å². The quantitative estimate of drug-likeness (QED) is 0.333. The number of carbonyl (C=O) groups is 4. The lowest BCUT2D eigenvalue weighted by molar-refractivity contribution is -0.128. The summed E-state index contributed by atoms with van der Waals surface area (Å²) in [5.41, 5.74) is 1.16. The number of anilines is 1. The fourth-order valence-electron chi connectivity index (χ4n) is 4.17. The minimum absolute atomic E-state index is 0.0377. The van der Waals surface area contributed by atoms with Gasteiger partial charge in [0.2, 0.25) is 17.7 Å². The van der Waals surface area contributed by atoms with Gasteiger partial charge in [0.25, 0.3) is 0 Å². The van der Waals surface area contributed by atoms with Gasteiger partial charge in [-0.1, -0.05) is 53.7 Å². The molecular formula is C26H30N8O5. The molecule has 4 rings (SSSR count). The highest BCUT2D eigenvalue weighted by Crippen LogP contribution is 2.32. The van der Waals surface area contributed by atoms with E-state index in [0.29, 0.717) is 23.5 Å². The molecule has 0 radical (unpaired) electrons. The highest BCUT2D eigenvalue weighted by atomic mass is 16.6. The van der Waals surface area contributed by atoms with Gasteiger partial charge in [0.1, 0.15) is 17.7 Å². The van der Waals surface area contributed by atoms with Crippen molar-refractivity contribution in [3.8, 4) is 0 Å². The van der Waals surface area contributed by atoms with E-state index >= 15 is 0 Å². The summed E-state index contributed by atoms with van der Waals surface area (Å²) in [6.45, 7) is 4.78. The number of ether oxygens (including phenoxy) is 1. The number of fused-ring (bicyclic) bond motifs is 1. The fourth-order valence-corrected chi connectivity index (χ4v) is 4.17. The number of aromatic amines is 1. The molecule has 0 aliphatic carbocycles. The summed E-state index contributed by atoms with van der Waals surface area (Å²) in [7, 11) is 0. The van der Waals surface area contributed by atoms with Crippen molar-refractivity contribution in [1.29, 1.82) is 0 Å². The molecule has 4 amide bonds. The lowest BCUT2D eigenvalue weighted by Gasteiger charge is -2.26. The molecule has 0 fully saturated rings. The number of rotatable bonds is 8. The van der Waals surface area contributed by atoms with Crippen molar-refractivity contribution in [2.75, 3.05) is 11.4 Å². The van der Waals surface area contributed by atoms with Crippen LogP contribution in [0.25, 0.3) is 0 Å². The molecule has 2 heterocycles. The molecule has 2 aromatic carbocycles. The summed E-state index contributed by atoms with van der Waals surface area (Å²) in [6.07, 6.45) is -0.467. The van der Waals surface area contributed by atoms with Gasteiger partial charge in [-0.15, -0.1) is 10.2 Å². The molecule has 1 aliphatic heterocycles. The Hall–Kier alpha value is -4.81. The minimum atomic E-state index is -1.10. The van der Waals surface area contributed by atoms with Crippen LogP contribution in [-0.4, -0.2) is 62.6 Å². The summed E-state index contributed by atoms with van der Waals surface area (Å²) >= 11 is 0. The summed E-state index contributed by atoms with van der Waals surface area (Å²) in [4.78, 5) is 53.5. The molecule has 13 heteroatoms. The number of carbonyl (C=O) groups excluding carboxylic acids is 4. The first-order valence-electron chi connectivity index (χ1n) is 12.3. The second-order valence-corrected chi connectivity index (χ2v) is 9.87. The Kier molecular flexibility index (Phi) is 8.18. The zero-order chi connectivity index (χ0) is 28.0. The van der Waals surface area contributed by atoms with Crippen molar-refractivity contribution >= 4 is 29.5 Å². The first-order valence-corrected chi connectivity index (χ1v) is 12.3. The van der Waals surface area contributed by atoms with Crippen molar-refractivity contribution < 1.29 is 23.9 Å². The second kappa shape index (κ2) is 11.7. The Balaban J connectivity index is 1.46. The van der Waals surface area contributed by atoms with Crippen molar-refractivity contribution in [3.63, 3.8) is 0 Å². The molecule has 4 N–H and O–H groups in total. The number of para-hydroxylation sites is 1. The predicted octanol–water partition coefficient (Wildman–Crippen LogP) is 1.16. The third-order valence-electron chi connectivity index (χ3n) is 5.83. The normalized spacial score (nSPS) is 15.2. The van der Waals surface area contributed by atoms with Crippen LogP contribution in [0.1, 0.15) is 43.8 Å². The van der Waals surface area contributed by atoms with Crippen molar-refractivity contribution in [2.45, 2.75) is 51.4 Å². The number of nitrogens with zero attached hydrogens (tertiary/aromatic N) is 4. The minimum Gasteiger partial charge on any atom is -0.444 e. The number of benzene rings is 2. The molecule has 2 atom stereocenters. The van der Waals surface area contributed by atoms with E-state index in [0.717, 1.165) is 5.56 Å². The van der Waals surface area contributed by atoms with Crippen LogP contribution in [-0.2, 0) is 32.1 Å². The Bertz CT molecular complexity index is 1320. The van der Waals surface area contributed by atoms with Gasteiger partial charge in [0, 0.05) is 12.1 Å². The van der Waals surface area contributed by atoms with Crippen LogP contribution in [0.15, 0.2) is 54.6 Å². The lowest BCUT2D eigenvalue weighted by Crippen LogP contribution is -2.51. The Morgan fingerprint density at radius 2 is 1.77 bits per heavy atom. The number of alkyl carbamates (subject to hydrolysis) is 1. The molecule has 0 bridgehead atoms. The highest BCUT2D eigenvalue weighted by molar-refractivity contribution is 6.05. The van der Waals surface area contributed by atoms with Gasteiger partial charge < -0.3 is 20.7 Å². The van der Waals surface area contributed by atoms with Crippen LogP contribution in [0.5, 0.6) is 0 Å². The molecule has 0 unspecified atom stereocenters. The monoisotopic (exact) mass is 534 g/mol. The van der Waals surface area contributed by atoms with E-state index in [1.54, 1.807) is 63.2 Å². The lowest BCUT2D eigenvalue weighted by atomic mass is 10.1. The van der Waals surface area contributed by atoms with Crippen LogP contribution < -0.4 is 20.9 Å². The maximum absolute atomic E-state index is 13.4. The number of hydrogen-bond acceptors (Lipinski definition) is 8. The van der Waals surface area contributed by atoms with Crippen LogP contribution in [0.2, 0.25) is 0 Å². The topological polar surface area (TPSA) is 171 Å². The fraction of sp³-hybridized carbons (Fsp3) is 0.346.